The van der Waals surface area contributed by atoms with Gasteiger partial charge in [-0.25, -0.2) is 8.42 Å². The Morgan fingerprint density at radius 1 is 1.19 bits per heavy atom. The van der Waals surface area contributed by atoms with Crippen LogP contribution in [0.15, 0.2) is 45.9 Å². The summed E-state index contributed by atoms with van der Waals surface area (Å²) < 4.78 is 34.5. The lowest BCUT2D eigenvalue weighted by Gasteiger charge is -2.30. The summed E-state index contributed by atoms with van der Waals surface area (Å²) in [6.07, 6.45) is 3.93. The molecule has 0 saturated carbocycles. The van der Waals surface area contributed by atoms with Gasteiger partial charge in [-0.05, 0) is 50.6 Å². The zero-order valence-electron chi connectivity index (χ0n) is 17.9. The topological polar surface area (TPSA) is 97.4 Å². The number of amides is 1. The van der Waals surface area contributed by atoms with E-state index in [2.05, 4.69) is 39.4 Å². The predicted octanol–water partition coefficient (Wildman–Crippen LogP) is 2.85. The first-order chi connectivity index (χ1) is 14.9. The van der Waals surface area contributed by atoms with Gasteiger partial charge in [-0.15, -0.1) is 0 Å². The van der Waals surface area contributed by atoms with Gasteiger partial charge >= 0.3 is 0 Å². The number of nitrogens with zero attached hydrogens (tertiary/aromatic N) is 3. The molecule has 3 aromatic rings. The summed E-state index contributed by atoms with van der Waals surface area (Å²) in [5.74, 6) is 0.142. The second-order valence-electron chi connectivity index (χ2n) is 8.04. The highest BCUT2D eigenvalue weighted by atomic mass is 32.2. The molecule has 1 saturated heterocycles. The zero-order chi connectivity index (χ0) is 22.0. The van der Waals surface area contributed by atoms with Gasteiger partial charge < -0.3 is 14.4 Å². The van der Waals surface area contributed by atoms with E-state index in [0.717, 1.165) is 13.0 Å². The predicted molar refractivity (Wildman–Crippen MR) is 117 cm³/mol. The van der Waals surface area contributed by atoms with Crippen LogP contribution in [-0.2, 0) is 21.4 Å². The Kier molecular flexibility index (Phi) is 6.15. The maximum Gasteiger partial charge on any atom is 0.248 e. The number of carbonyl (C=O) groups excluding carboxylic acids is 1. The van der Waals surface area contributed by atoms with E-state index >= 15 is 0 Å². The summed E-state index contributed by atoms with van der Waals surface area (Å²) in [6.45, 7) is 5.30. The van der Waals surface area contributed by atoms with E-state index in [1.54, 1.807) is 13.8 Å². The number of fused-ring (bicyclic) bond motifs is 1. The Bertz CT molecular complexity index is 1150. The van der Waals surface area contributed by atoms with E-state index in [9.17, 15) is 13.2 Å². The minimum atomic E-state index is -3.65. The molecule has 1 aliphatic rings. The smallest absolute Gasteiger partial charge is 0.248 e. The SMILES string of the molecule is Cc1noc(C)c1S(=O)(=O)N1CCC(C(=O)NCCCn2ccc3ccccc32)CC1. The van der Waals surface area contributed by atoms with Crippen LogP contribution < -0.4 is 5.32 Å². The standard InChI is InChI=1S/C22H28N4O4S/c1-16-21(17(2)30-24-16)31(28,29)26-14-9-19(10-15-26)22(27)23-11-5-12-25-13-8-18-6-3-4-7-20(18)25/h3-4,6-8,13,19H,5,9-12,14-15H2,1-2H3,(H,23,27). The maximum absolute atomic E-state index is 12.9. The normalized spacial score (nSPS) is 16.1. The summed E-state index contributed by atoms with van der Waals surface area (Å²) in [6, 6.07) is 10.3. The van der Waals surface area contributed by atoms with Crippen LogP contribution in [0.2, 0.25) is 0 Å². The molecule has 1 amide bonds. The number of para-hydroxylation sites is 1. The third-order valence-electron chi connectivity index (χ3n) is 5.95. The molecule has 0 radical (unpaired) electrons. The molecule has 8 nitrogen and oxygen atoms in total. The monoisotopic (exact) mass is 444 g/mol. The van der Waals surface area contributed by atoms with E-state index in [4.69, 9.17) is 4.52 Å². The first-order valence-corrected chi connectivity index (χ1v) is 12.1. The molecule has 166 valence electrons. The number of benzene rings is 1. The van der Waals surface area contributed by atoms with E-state index in [1.807, 2.05) is 12.1 Å². The Morgan fingerprint density at radius 2 is 1.94 bits per heavy atom. The van der Waals surface area contributed by atoms with Gasteiger partial charge in [-0.2, -0.15) is 4.31 Å². The Hall–Kier alpha value is -2.65. The average molecular weight is 445 g/mol. The van der Waals surface area contributed by atoms with Gasteiger partial charge in [0.1, 0.15) is 10.6 Å². The fourth-order valence-electron chi connectivity index (χ4n) is 4.27. The molecule has 2 aromatic heterocycles. The molecule has 0 spiro atoms. The first kappa shape index (κ1) is 21.6. The minimum absolute atomic E-state index is 0.00625. The second-order valence-corrected chi connectivity index (χ2v) is 9.92. The van der Waals surface area contributed by atoms with Gasteiger partial charge in [0.2, 0.25) is 15.9 Å². The fourth-order valence-corrected chi connectivity index (χ4v) is 6.03. The van der Waals surface area contributed by atoms with Gasteiger partial charge in [0.05, 0.1) is 0 Å². The van der Waals surface area contributed by atoms with Crippen LogP contribution in [0.5, 0.6) is 0 Å². The number of hydrogen-bond acceptors (Lipinski definition) is 5. The van der Waals surface area contributed by atoms with Crippen molar-refractivity contribution in [2.24, 2.45) is 5.92 Å². The van der Waals surface area contributed by atoms with Crippen molar-refractivity contribution in [2.75, 3.05) is 19.6 Å². The van der Waals surface area contributed by atoms with E-state index in [0.29, 0.717) is 43.9 Å². The molecule has 0 atom stereocenters. The summed E-state index contributed by atoms with van der Waals surface area (Å²) in [5.41, 5.74) is 1.56. The number of carbonyl (C=O) groups is 1. The Balaban J connectivity index is 1.25. The van der Waals surface area contributed by atoms with Crippen LogP contribution >= 0.6 is 0 Å². The largest absolute Gasteiger partial charge is 0.360 e. The van der Waals surface area contributed by atoms with Crippen molar-refractivity contribution >= 4 is 26.8 Å². The number of piperidine rings is 1. The number of hydrogen-bond donors (Lipinski definition) is 1. The van der Waals surface area contributed by atoms with Gasteiger partial charge in [0.25, 0.3) is 0 Å². The fraction of sp³-hybridized carbons (Fsp3) is 0.455. The van der Waals surface area contributed by atoms with Crippen LogP contribution in [0, 0.1) is 19.8 Å². The molecule has 0 aliphatic carbocycles. The third-order valence-corrected chi connectivity index (χ3v) is 8.09. The molecule has 1 aromatic carbocycles. The number of aromatic nitrogens is 2. The minimum Gasteiger partial charge on any atom is -0.360 e. The van der Waals surface area contributed by atoms with Gasteiger partial charge in [0.15, 0.2) is 5.76 Å². The molecule has 1 fully saturated rings. The molecule has 0 unspecified atom stereocenters. The summed E-state index contributed by atoms with van der Waals surface area (Å²) in [7, 11) is -3.65. The summed E-state index contributed by atoms with van der Waals surface area (Å²) >= 11 is 0. The molecule has 9 heteroatoms. The summed E-state index contributed by atoms with van der Waals surface area (Å²) in [4.78, 5) is 12.7. The highest BCUT2D eigenvalue weighted by Gasteiger charge is 2.35. The molecule has 1 N–H and O–H groups in total. The highest BCUT2D eigenvalue weighted by molar-refractivity contribution is 7.89. The Morgan fingerprint density at radius 3 is 2.65 bits per heavy atom. The van der Waals surface area contributed by atoms with Crippen molar-refractivity contribution in [2.45, 2.75) is 44.6 Å². The van der Waals surface area contributed by atoms with E-state index in [1.165, 1.54) is 15.2 Å². The van der Waals surface area contributed by atoms with Gasteiger partial charge in [0, 0.05) is 43.8 Å². The third kappa shape index (κ3) is 4.38. The van der Waals surface area contributed by atoms with Crippen molar-refractivity contribution in [1.82, 2.24) is 19.3 Å². The molecule has 4 rings (SSSR count). The van der Waals surface area contributed by atoms with Crippen molar-refractivity contribution < 1.29 is 17.7 Å². The van der Waals surface area contributed by atoms with E-state index in [-0.39, 0.29) is 16.7 Å². The van der Waals surface area contributed by atoms with Crippen LogP contribution in [0.4, 0.5) is 0 Å². The zero-order valence-corrected chi connectivity index (χ0v) is 18.7. The molecule has 3 heterocycles. The van der Waals surface area contributed by atoms with Crippen LogP contribution in [0.3, 0.4) is 0 Å². The average Bonchev–Trinajstić information content (AvgIpc) is 3.34. The summed E-state index contributed by atoms with van der Waals surface area (Å²) in [5, 5.41) is 7.98. The lowest BCUT2D eigenvalue weighted by Crippen LogP contribution is -2.43. The van der Waals surface area contributed by atoms with Crippen molar-refractivity contribution in [1.29, 1.82) is 0 Å². The maximum atomic E-state index is 12.9. The van der Waals surface area contributed by atoms with E-state index < -0.39 is 10.0 Å². The molecule has 31 heavy (non-hydrogen) atoms. The highest BCUT2D eigenvalue weighted by Crippen LogP contribution is 2.27. The Labute approximate surface area is 182 Å². The molecule has 0 bridgehead atoms. The lowest BCUT2D eigenvalue weighted by molar-refractivity contribution is -0.126. The molecule has 1 aliphatic heterocycles. The molecular weight excluding hydrogens is 416 g/mol. The van der Waals surface area contributed by atoms with Crippen molar-refractivity contribution in [3.05, 3.63) is 48.0 Å². The number of nitrogens with one attached hydrogen (secondary N) is 1. The van der Waals surface area contributed by atoms with Gasteiger partial charge in [-0.1, -0.05) is 23.4 Å². The first-order valence-electron chi connectivity index (χ1n) is 10.6. The quantitative estimate of drug-likeness (QED) is 0.565. The number of aryl methyl sites for hydroxylation is 3. The number of sulfonamides is 1. The van der Waals surface area contributed by atoms with Crippen LogP contribution in [0.25, 0.3) is 10.9 Å². The molecular formula is C22H28N4O4S. The number of rotatable bonds is 7. The van der Waals surface area contributed by atoms with Crippen LogP contribution in [0.1, 0.15) is 30.7 Å². The van der Waals surface area contributed by atoms with Crippen LogP contribution in [-0.4, -0.2) is 48.0 Å². The van der Waals surface area contributed by atoms with Gasteiger partial charge in [-0.3, -0.25) is 4.79 Å². The van der Waals surface area contributed by atoms with Crippen molar-refractivity contribution in [3.8, 4) is 0 Å². The lowest BCUT2D eigenvalue weighted by atomic mass is 9.97. The van der Waals surface area contributed by atoms with Crippen molar-refractivity contribution in [3.63, 3.8) is 0 Å². The second kappa shape index (κ2) is 8.84.